The second-order valence-corrected chi connectivity index (χ2v) is 14.9. The topological polar surface area (TPSA) is 45.7 Å². The Kier molecular flexibility index (Phi) is 5.06. The van der Waals surface area contributed by atoms with Gasteiger partial charge in [-0.25, -0.2) is 0 Å². The molecule has 4 nitrogen and oxygen atoms in total. The SMILES string of the molecule is C1=CC2NC2([N@@]2CC2c2cc(-c3ccc4sc5ccccc5c4c3)cc3c2[nH]c2c3ccc3c2c2ccccc2n3-c2ccccc2)C=C1. The van der Waals surface area contributed by atoms with Crippen molar-refractivity contribution in [3.05, 3.63) is 151 Å². The smallest absolute Gasteiger partial charge is 0.111 e. The minimum Gasteiger partial charge on any atom is -0.354 e. The summed E-state index contributed by atoms with van der Waals surface area (Å²) in [6.07, 6.45) is 9.01. The number of fused-ring (bicyclic) bond motifs is 11. The highest BCUT2D eigenvalue weighted by molar-refractivity contribution is 7.25. The Morgan fingerprint density at radius 2 is 1.45 bits per heavy atom. The summed E-state index contributed by atoms with van der Waals surface area (Å²) >= 11 is 1.88. The molecule has 12 rings (SSSR count). The first kappa shape index (κ1) is 26.5. The van der Waals surface area contributed by atoms with Crippen LogP contribution in [-0.2, 0) is 0 Å². The summed E-state index contributed by atoms with van der Waals surface area (Å²) in [5, 5.41) is 11.6. The van der Waals surface area contributed by atoms with Crippen LogP contribution in [0.15, 0.2) is 146 Å². The maximum absolute atomic E-state index is 4.06. The van der Waals surface area contributed by atoms with Crippen molar-refractivity contribution >= 4 is 75.1 Å². The zero-order chi connectivity index (χ0) is 31.8. The van der Waals surface area contributed by atoms with Gasteiger partial charge in [-0.2, -0.15) is 0 Å². The molecule has 0 radical (unpaired) electrons. The first-order valence-electron chi connectivity index (χ1n) is 17.1. The molecule has 1 aliphatic carbocycles. The highest BCUT2D eigenvalue weighted by Gasteiger charge is 2.63. The van der Waals surface area contributed by atoms with Crippen LogP contribution in [0.5, 0.6) is 0 Å². The normalized spacial score (nSPS) is 22.7. The molecule has 3 aliphatic rings. The van der Waals surface area contributed by atoms with E-state index in [1.54, 1.807) is 0 Å². The molecule has 3 unspecified atom stereocenters. The van der Waals surface area contributed by atoms with Crippen LogP contribution in [0.25, 0.3) is 80.6 Å². The van der Waals surface area contributed by atoms with Gasteiger partial charge in [-0.3, -0.25) is 10.2 Å². The van der Waals surface area contributed by atoms with Crippen LogP contribution in [0.1, 0.15) is 11.6 Å². The van der Waals surface area contributed by atoms with E-state index in [0.29, 0.717) is 12.1 Å². The Labute approximate surface area is 286 Å². The van der Waals surface area contributed by atoms with Gasteiger partial charge in [-0.1, -0.05) is 85.0 Å². The molecule has 2 saturated heterocycles. The third-order valence-electron chi connectivity index (χ3n) is 11.3. The van der Waals surface area contributed by atoms with Crippen LogP contribution in [-0.4, -0.2) is 32.7 Å². The Morgan fingerprint density at radius 3 is 2.37 bits per heavy atom. The number of para-hydroxylation sites is 2. The van der Waals surface area contributed by atoms with Crippen molar-refractivity contribution in [3.8, 4) is 16.8 Å². The molecule has 0 saturated carbocycles. The third-order valence-corrected chi connectivity index (χ3v) is 12.4. The van der Waals surface area contributed by atoms with Crippen molar-refractivity contribution in [1.82, 2.24) is 19.8 Å². The van der Waals surface area contributed by atoms with Crippen LogP contribution in [0, 0.1) is 0 Å². The van der Waals surface area contributed by atoms with Gasteiger partial charge in [0, 0.05) is 53.9 Å². The number of nitrogens with zero attached hydrogens (tertiary/aromatic N) is 2. The number of H-pyrrole nitrogens is 1. The number of allylic oxidation sites excluding steroid dienone is 2. The monoisotopic (exact) mass is 646 g/mol. The lowest BCUT2D eigenvalue weighted by Crippen LogP contribution is -2.26. The van der Waals surface area contributed by atoms with E-state index >= 15 is 0 Å². The van der Waals surface area contributed by atoms with E-state index in [4.69, 9.17) is 0 Å². The van der Waals surface area contributed by atoms with Gasteiger partial charge >= 0.3 is 0 Å². The zero-order valence-electron chi connectivity index (χ0n) is 26.5. The molecule has 2 fully saturated rings. The zero-order valence-corrected chi connectivity index (χ0v) is 27.3. The quantitative estimate of drug-likeness (QED) is 0.187. The average Bonchev–Trinajstić information content (AvgIpc) is 3.99. The molecule has 0 amide bonds. The Bertz CT molecular complexity index is 2920. The standard InChI is InChI=1S/C44H30N4S/c1-2-10-28(11-3-1)48-35-14-6-4-13-31(35)41-36(48)19-18-30-33-23-27(26-17-20-39-32(22-26)29-12-5-7-15-38(29)49-39)24-34(42(33)45-43(30)41)37-25-47(37)44-21-9-8-16-40(44)46-44/h1-24,37,40,45-46H,25H2/t37?,40?,44?,47-/m0/s1. The fourth-order valence-electron chi connectivity index (χ4n) is 8.85. The van der Waals surface area contributed by atoms with E-state index in [-0.39, 0.29) is 5.66 Å². The molecule has 5 heterocycles. The minimum absolute atomic E-state index is 0.0569. The molecular weight excluding hydrogens is 617 g/mol. The van der Waals surface area contributed by atoms with E-state index in [1.165, 1.54) is 86.2 Å². The van der Waals surface area contributed by atoms with Crippen molar-refractivity contribution in [1.29, 1.82) is 0 Å². The molecule has 6 aromatic carbocycles. The van der Waals surface area contributed by atoms with Crippen molar-refractivity contribution in [2.24, 2.45) is 0 Å². The first-order valence-corrected chi connectivity index (χ1v) is 18.0. The fourth-order valence-corrected chi connectivity index (χ4v) is 9.94. The number of thiophene rings is 1. The molecule has 49 heavy (non-hydrogen) atoms. The van der Waals surface area contributed by atoms with Gasteiger partial charge < -0.3 is 9.55 Å². The van der Waals surface area contributed by atoms with E-state index in [2.05, 4.69) is 165 Å². The lowest BCUT2D eigenvalue weighted by atomic mass is 9.96. The molecule has 5 heteroatoms. The molecular formula is C44H30N4S. The largest absolute Gasteiger partial charge is 0.354 e. The second-order valence-electron chi connectivity index (χ2n) is 13.9. The van der Waals surface area contributed by atoms with Gasteiger partial charge in [0.25, 0.3) is 0 Å². The molecule has 3 aromatic heterocycles. The highest BCUT2D eigenvalue weighted by Crippen LogP contribution is 2.52. The van der Waals surface area contributed by atoms with E-state index in [0.717, 1.165) is 6.54 Å². The molecule has 2 N–H and O–H groups in total. The van der Waals surface area contributed by atoms with Gasteiger partial charge in [0.05, 0.1) is 34.2 Å². The van der Waals surface area contributed by atoms with Crippen LogP contribution in [0.2, 0.25) is 0 Å². The van der Waals surface area contributed by atoms with Crippen LogP contribution in [0.3, 0.4) is 0 Å². The Hall–Kier alpha value is -5.46. The maximum Gasteiger partial charge on any atom is 0.111 e. The van der Waals surface area contributed by atoms with Gasteiger partial charge in [-0.15, -0.1) is 11.3 Å². The van der Waals surface area contributed by atoms with Crippen molar-refractivity contribution in [2.45, 2.75) is 17.7 Å². The number of rotatable bonds is 4. The number of aromatic nitrogens is 2. The van der Waals surface area contributed by atoms with E-state index < -0.39 is 0 Å². The third kappa shape index (κ3) is 3.59. The van der Waals surface area contributed by atoms with Gasteiger partial charge in [-0.05, 0) is 77.4 Å². The predicted octanol–water partition coefficient (Wildman–Crippen LogP) is 10.6. The molecule has 2 aliphatic heterocycles. The van der Waals surface area contributed by atoms with E-state index in [9.17, 15) is 0 Å². The highest BCUT2D eigenvalue weighted by atomic mass is 32.1. The molecule has 4 atom stereocenters. The second kappa shape index (κ2) is 9.36. The Balaban J connectivity index is 1.13. The van der Waals surface area contributed by atoms with Crippen molar-refractivity contribution in [3.63, 3.8) is 0 Å². The first-order chi connectivity index (χ1) is 24.2. The minimum atomic E-state index is -0.0569. The van der Waals surface area contributed by atoms with Crippen LogP contribution >= 0.6 is 11.3 Å². The van der Waals surface area contributed by atoms with Crippen molar-refractivity contribution < 1.29 is 0 Å². The lowest BCUT2D eigenvalue weighted by Gasteiger charge is -2.15. The maximum atomic E-state index is 4.06. The van der Waals surface area contributed by atoms with Gasteiger partial charge in [0.2, 0.25) is 0 Å². The number of hydrogen-bond donors (Lipinski definition) is 2. The summed E-state index contributed by atoms with van der Waals surface area (Å²) in [7, 11) is 0. The summed E-state index contributed by atoms with van der Waals surface area (Å²) in [5.74, 6) is 0. The van der Waals surface area contributed by atoms with E-state index in [1.807, 2.05) is 11.3 Å². The van der Waals surface area contributed by atoms with Crippen molar-refractivity contribution in [2.75, 3.05) is 6.54 Å². The number of aromatic amines is 1. The molecule has 232 valence electrons. The fraction of sp³-hybridized carbons (Fsp3) is 0.0909. The van der Waals surface area contributed by atoms with Crippen LogP contribution < -0.4 is 5.32 Å². The number of nitrogens with one attached hydrogen (secondary N) is 2. The summed E-state index contributed by atoms with van der Waals surface area (Å²) in [4.78, 5) is 6.69. The van der Waals surface area contributed by atoms with Gasteiger partial charge in [0.1, 0.15) is 5.66 Å². The average molecular weight is 647 g/mol. The molecule has 0 spiro atoms. The number of hydrogen-bond acceptors (Lipinski definition) is 3. The van der Waals surface area contributed by atoms with Crippen LogP contribution in [0.4, 0.5) is 0 Å². The molecule has 9 aromatic rings. The number of benzene rings is 6. The lowest BCUT2D eigenvalue weighted by molar-refractivity contribution is 0.400. The summed E-state index contributed by atoms with van der Waals surface area (Å²) < 4.78 is 5.09. The summed E-state index contributed by atoms with van der Waals surface area (Å²) in [6, 6.07) is 45.7. The molecule has 0 bridgehead atoms. The summed E-state index contributed by atoms with van der Waals surface area (Å²) in [5.41, 5.74) is 9.95. The predicted molar refractivity (Wildman–Crippen MR) is 206 cm³/mol. The Morgan fingerprint density at radius 1 is 0.633 bits per heavy atom. The summed E-state index contributed by atoms with van der Waals surface area (Å²) in [6.45, 7) is 1.03. The van der Waals surface area contributed by atoms with Gasteiger partial charge in [0.15, 0.2) is 0 Å².